The summed E-state index contributed by atoms with van der Waals surface area (Å²) >= 11 is 2.10. The van der Waals surface area contributed by atoms with Gasteiger partial charge in [0.2, 0.25) is 0 Å². The third-order valence-corrected chi connectivity index (χ3v) is 3.99. The zero-order chi connectivity index (χ0) is 19.3. The molecule has 2 rings (SSSR count). The lowest BCUT2D eigenvalue weighted by Crippen LogP contribution is -2.25. The van der Waals surface area contributed by atoms with E-state index in [0.717, 1.165) is 3.57 Å². The fourth-order valence-corrected chi connectivity index (χ4v) is 2.99. The number of aromatic amines is 2. The lowest BCUT2D eigenvalue weighted by Gasteiger charge is -2.13. The van der Waals surface area contributed by atoms with Crippen molar-refractivity contribution in [3.05, 3.63) is 57.9 Å². The van der Waals surface area contributed by atoms with E-state index in [4.69, 9.17) is 9.47 Å². The van der Waals surface area contributed by atoms with Gasteiger partial charge in [0.05, 0.1) is 21.7 Å². The summed E-state index contributed by atoms with van der Waals surface area (Å²) in [6.07, 6.45) is 2.84. The van der Waals surface area contributed by atoms with Gasteiger partial charge in [0.25, 0.3) is 0 Å². The molecule has 1 aromatic carbocycles. The monoisotopic (exact) mass is 473 g/mol. The Bertz CT molecular complexity index is 963. The first-order valence-electron chi connectivity index (χ1n) is 7.65. The van der Waals surface area contributed by atoms with E-state index in [0.29, 0.717) is 30.3 Å². The van der Waals surface area contributed by atoms with Gasteiger partial charge in [0, 0.05) is 0 Å². The first kappa shape index (κ1) is 19.7. The molecule has 1 aromatic heterocycles. The average molecular weight is 473 g/mol. The second kappa shape index (κ2) is 8.65. The SMILES string of the molecule is CCOc1cc(/C=C\c2[nH]c(=O)[nH]c(=O)c2[N+](=O)[O-])cc(I)c1OCC. The molecule has 0 unspecified atom stereocenters. The van der Waals surface area contributed by atoms with E-state index in [-0.39, 0.29) is 5.69 Å². The lowest BCUT2D eigenvalue weighted by atomic mass is 10.1. The number of hydrogen-bond acceptors (Lipinski definition) is 6. The number of H-pyrrole nitrogens is 2. The molecule has 0 atom stereocenters. The summed E-state index contributed by atoms with van der Waals surface area (Å²) in [5.74, 6) is 1.15. The standard InChI is InChI=1S/C16H16IN3O6/c1-3-25-12-8-9(7-10(17)14(12)26-4-2)5-6-11-13(20(23)24)15(21)19-16(22)18-11/h5-8H,3-4H2,1-2H3,(H2,18,19,21,22)/b6-5-. The van der Waals surface area contributed by atoms with E-state index < -0.39 is 21.9 Å². The maximum atomic E-state index is 11.6. The molecule has 0 aliphatic heterocycles. The van der Waals surface area contributed by atoms with E-state index >= 15 is 0 Å². The fourth-order valence-electron chi connectivity index (χ4n) is 2.21. The summed E-state index contributed by atoms with van der Waals surface area (Å²) in [6, 6.07) is 3.51. The van der Waals surface area contributed by atoms with Crippen LogP contribution in [-0.2, 0) is 0 Å². The van der Waals surface area contributed by atoms with Crippen LogP contribution in [0.1, 0.15) is 25.1 Å². The van der Waals surface area contributed by atoms with Crippen molar-refractivity contribution in [3.63, 3.8) is 0 Å². The maximum absolute atomic E-state index is 11.6. The Morgan fingerprint density at radius 2 is 1.85 bits per heavy atom. The molecule has 1 heterocycles. The van der Waals surface area contributed by atoms with Gasteiger partial charge in [-0.15, -0.1) is 0 Å². The molecule has 2 aromatic rings. The van der Waals surface area contributed by atoms with Gasteiger partial charge < -0.3 is 14.5 Å². The van der Waals surface area contributed by atoms with Gasteiger partial charge in [0.1, 0.15) is 5.69 Å². The normalized spacial score (nSPS) is 10.9. The van der Waals surface area contributed by atoms with Gasteiger partial charge in [-0.05, 0) is 60.2 Å². The molecular formula is C16H16IN3O6. The number of aromatic nitrogens is 2. The predicted molar refractivity (Wildman–Crippen MR) is 105 cm³/mol. The number of ether oxygens (including phenoxy) is 2. The second-order valence-corrected chi connectivity index (χ2v) is 6.12. The van der Waals surface area contributed by atoms with Crippen molar-refractivity contribution in [1.82, 2.24) is 9.97 Å². The van der Waals surface area contributed by atoms with Gasteiger partial charge >= 0.3 is 16.9 Å². The Morgan fingerprint density at radius 1 is 1.15 bits per heavy atom. The summed E-state index contributed by atoms with van der Waals surface area (Å²) in [7, 11) is 0. The Hall–Kier alpha value is -2.63. The van der Waals surface area contributed by atoms with E-state index in [9.17, 15) is 19.7 Å². The summed E-state index contributed by atoms with van der Waals surface area (Å²) in [6.45, 7) is 4.62. The highest BCUT2D eigenvalue weighted by atomic mass is 127. The number of nitrogens with zero attached hydrogens (tertiary/aromatic N) is 1. The van der Waals surface area contributed by atoms with Gasteiger partial charge in [-0.25, -0.2) is 4.79 Å². The number of nitrogens with one attached hydrogen (secondary N) is 2. The quantitative estimate of drug-likeness (QED) is 0.362. The van der Waals surface area contributed by atoms with Gasteiger partial charge in [0.15, 0.2) is 11.5 Å². The number of nitro groups is 1. The van der Waals surface area contributed by atoms with Crippen molar-refractivity contribution < 1.29 is 14.4 Å². The number of rotatable bonds is 7. The van der Waals surface area contributed by atoms with Crippen LogP contribution >= 0.6 is 22.6 Å². The van der Waals surface area contributed by atoms with Crippen LogP contribution in [0.5, 0.6) is 11.5 Å². The summed E-state index contributed by atoms with van der Waals surface area (Å²) < 4.78 is 12.0. The van der Waals surface area contributed by atoms with Crippen LogP contribution in [0.15, 0.2) is 21.7 Å². The summed E-state index contributed by atoms with van der Waals surface area (Å²) in [5.41, 5.74) is -2.14. The van der Waals surface area contributed by atoms with Crippen LogP contribution in [0.2, 0.25) is 0 Å². The first-order chi connectivity index (χ1) is 12.4. The molecule has 138 valence electrons. The zero-order valence-electron chi connectivity index (χ0n) is 14.0. The highest BCUT2D eigenvalue weighted by Gasteiger charge is 2.19. The van der Waals surface area contributed by atoms with Crippen molar-refractivity contribution >= 4 is 40.4 Å². The van der Waals surface area contributed by atoms with Gasteiger partial charge in [-0.1, -0.05) is 6.08 Å². The van der Waals surface area contributed by atoms with Crippen molar-refractivity contribution in [2.45, 2.75) is 13.8 Å². The molecule has 0 aliphatic carbocycles. The van der Waals surface area contributed by atoms with Crippen LogP contribution in [0.3, 0.4) is 0 Å². The lowest BCUT2D eigenvalue weighted by molar-refractivity contribution is -0.386. The summed E-state index contributed by atoms with van der Waals surface area (Å²) in [5, 5.41) is 11.1. The minimum atomic E-state index is -1.06. The first-order valence-corrected chi connectivity index (χ1v) is 8.73. The number of benzene rings is 1. The molecule has 26 heavy (non-hydrogen) atoms. The molecule has 0 fully saturated rings. The third-order valence-electron chi connectivity index (χ3n) is 3.19. The molecule has 0 bridgehead atoms. The van der Waals surface area contributed by atoms with Crippen molar-refractivity contribution in [2.75, 3.05) is 13.2 Å². The largest absolute Gasteiger partial charge is 0.490 e. The van der Waals surface area contributed by atoms with Gasteiger partial charge in [-0.3, -0.25) is 19.9 Å². The Labute approximate surface area is 161 Å². The van der Waals surface area contributed by atoms with E-state index in [1.54, 1.807) is 12.1 Å². The molecule has 2 N–H and O–H groups in total. The number of halogens is 1. The Kier molecular flexibility index (Phi) is 6.55. The second-order valence-electron chi connectivity index (χ2n) is 4.96. The molecular weight excluding hydrogens is 457 g/mol. The topological polar surface area (TPSA) is 127 Å². The molecule has 0 amide bonds. The molecule has 0 spiro atoms. The maximum Gasteiger partial charge on any atom is 0.357 e. The third kappa shape index (κ3) is 4.50. The zero-order valence-corrected chi connectivity index (χ0v) is 16.2. The minimum absolute atomic E-state index is 0.189. The smallest absolute Gasteiger partial charge is 0.357 e. The van der Waals surface area contributed by atoms with Crippen LogP contribution in [0.25, 0.3) is 12.2 Å². The molecule has 0 aliphatic rings. The predicted octanol–water partition coefficient (Wildman–Crippen LogP) is 2.54. The van der Waals surface area contributed by atoms with Gasteiger partial charge in [-0.2, -0.15) is 0 Å². The van der Waals surface area contributed by atoms with Crippen molar-refractivity contribution in [3.8, 4) is 11.5 Å². The van der Waals surface area contributed by atoms with Crippen LogP contribution in [-0.4, -0.2) is 28.1 Å². The van der Waals surface area contributed by atoms with E-state index in [1.165, 1.54) is 12.2 Å². The molecule has 0 radical (unpaired) electrons. The van der Waals surface area contributed by atoms with E-state index in [2.05, 4.69) is 27.6 Å². The highest BCUT2D eigenvalue weighted by Crippen LogP contribution is 2.34. The highest BCUT2D eigenvalue weighted by molar-refractivity contribution is 14.1. The van der Waals surface area contributed by atoms with Crippen LogP contribution in [0.4, 0.5) is 5.69 Å². The average Bonchev–Trinajstić information content (AvgIpc) is 2.55. The fraction of sp³-hybridized carbons (Fsp3) is 0.250. The molecule has 10 heteroatoms. The summed E-state index contributed by atoms with van der Waals surface area (Å²) in [4.78, 5) is 37.4. The Morgan fingerprint density at radius 3 is 2.46 bits per heavy atom. The van der Waals surface area contributed by atoms with Crippen molar-refractivity contribution in [1.29, 1.82) is 0 Å². The Balaban J connectivity index is 2.50. The molecule has 0 saturated carbocycles. The van der Waals surface area contributed by atoms with Crippen molar-refractivity contribution in [2.24, 2.45) is 0 Å². The van der Waals surface area contributed by atoms with E-state index in [1.807, 2.05) is 18.8 Å². The molecule has 0 saturated heterocycles. The van der Waals surface area contributed by atoms with Crippen LogP contribution < -0.4 is 20.7 Å². The minimum Gasteiger partial charge on any atom is -0.490 e. The molecule has 9 nitrogen and oxygen atoms in total. The number of hydrogen-bond donors (Lipinski definition) is 2. The van der Waals surface area contributed by atoms with Crippen LogP contribution in [0, 0.1) is 13.7 Å².